The first kappa shape index (κ1) is 19.7. The standard InChI is InChI=1S/C20H17N3O6/c1-12(23-18(26)14-9-5-6-10-15(14)19(23)27)20(28)29-11-16(24)21-22-17(25)13-7-3-2-4-8-13/h2-10,12H,11H2,1H3,(H,21,24)(H,22,25). The van der Waals surface area contributed by atoms with Gasteiger partial charge in [-0.3, -0.25) is 34.9 Å². The SMILES string of the molecule is CC(C(=O)OCC(=O)NNC(=O)c1ccccc1)N1C(=O)c2ccccc2C1=O. The maximum Gasteiger partial charge on any atom is 0.329 e. The molecular weight excluding hydrogens is 378 g/mol. The van der Waals surface area contributed by atoms with E-state index in [4.69, 9.17) is 4.74 Å². The molecule has 0 bridgehead atoms. The summed E-state index contributed by atoms with van der Waals surface area (Å²) in [5.41, 5.74) is 5.05. The fraction of sp³-hybridized carbons (Fsp3) is 0.150. The number of fused-ring (bicyclic) bond motifs is 1. The van der Waals surface area contributed by atoms with Crippen LogP contribution < -0.4 is 10.9 Å². The smallest absolute Gasteiger partial charge is 0.329 e. The number of benzene rings is 2. The second-order valence-corrected chi connectivity index (χ2v) is 6.18. The lowest BCUT2D eigenvalue weighted by Gasteiger charge is -2.20. The highest BCUT2D eigenvalue weighted by Gasteiger charge is 2.41. The summed E-state index contributed by atoms with van der Waals surface area (Å²) < 4.78 is 4.86. The molecule has 3 rings (SSSR count). The zero-order valence-corrected chi connectivity index (χ0v) is 15.4. The van der Waals surface area contributed by atoms with Crippen LogP contribution in [0.15, 0.2) is 54.6 Å². The Morgan fingerprint density at radius 3 is 2.03 bits per heavy atom. The second kappa shape index (κ2) is 8.34. The fourth-order valence-electron chi connectivity index (χ4n) is 2.75. The molecule has 0 aromatic heterocycles. The Morgan fingerprint density at radius 1 is 0.897 bits per heavy atom. The molecule has 0 radical (unpaired) electrons. The van der Waals surface area contributed by atoms with Crippen molar-refractivity contribution in [1.82, 2.24) is 15.8 Å². The van der Waals surface area contributed by atoms with Gasteiger partial charge in [0.1, 0.15) is 6.04 Å². The van der Waals surface area contributed by atoms with E-state index in [-0.39, 0.29) is 11.1 Å². The third-order valence-corrected chi connectivity index (χ3v) is 4.25. The number of esters is 1. The number of hydrogen-bond donors (Lipinski definition) is 2. The van der Waals surface area contributed by atoms with Crippen molar-refractivity contribution in [3.63, 3.8) is 0 Å². The molecule has 4 amide bonds. The summed E-state index contributed by atoms with van der Waals surface area (Å²) in [5.74, 6) is -3.45. The second-order valence-electron chi connectivity index (χ2n) is 6.18. The molecule has 1 unspecified atom stereocenters. The number of imide groups is 1. The molecule has 2 aromatic rings. The lowest BCUT2D eigenvalue weighted by Crippen LogP contribution is -2.46. The van der Waals surface area contributed by atoms with Gasteiger partial charge in [-0.1, -0.05) is 30.3 Å². The zero-order valence-electron chi connectivity index (χ0n) is 15.4. The molecule has 1 aliphatic rings. The van der Waals surface area contributed by atoms with E-state index in [9.17, 15) is 24.0 Å². The van der Waals surface area contributed by atoms with Gasteiger partial charge >= 0.3 is 5.97 Å². The first-order chi connectivity index (χ1) is 13.9. The molecule has 0 aliphatic carbocycles. The summed E-state index contributed by atoms with van der Waals surface area (Å²) in [7, 11) is 0. The van der Waals surface area contributed by atoms with Crippen LogP contribution in [0.3, 0.4) is 0 Å². The molecule has 0 spiro atoms. The number of hydrogen-bond acceptors (Lipinski definition) is 6. The molecule has 1 aliphatic heterocycles. The van der Waals surface area contributed by atoms with Crippen molar-refractivity contribution in [2.24, 2.45) is 0 Å². The predicted octanol–water partition coefficient (Wildman–Crippen LogP) is 0.675. The molecule has 1 heterocycles. The number of hydrazine groups is 1. The van der Waals surface area contributed by atoms with E-state index in [1.807, 2.05) is 0 Å². The van der Waals surface area contributed by atoms with Gasteiger partial charge in [0, 0.05) is 5.56 Å². The highest BCUT2D eigenvalue weighted by molar-refractivity contribution is 6.22. The first-order valence-corrected chi connectivity index (χ1v) is 8.68. The highest BCUT2D eigenvalue weighted by atomic mass is 16.5. The minimum atomic E-state index is -1.21. The minimum Gasteiger partial charge on any atom is -0.454 e. The van der Waals surface area contributed by atoms with Crippen LogP contribution in [-0.2, 0) is 14.3 Å². The van der Waals surface area contributed by atoms with Crippen LogP contribution in [0.25, 0.3) is 0 Å². The molecular formula is C20H17N3O6. The van der Waals surface area contributed by atoms with Crippen molar-refractivity contribution < 1.29 is 28.7 Å². The number of carbonyl (C=O) groups is 5. The van der Waals surface area contributed by atoms with Gasteiger partial charge in [-0.2, -0.15) is 0 Å². The maximum absolute atomic E-state index is 12.4. The van der Waals surface area contributed by atoms with Gasteiger partial charge in [0.25, 0.3) is 23.6 Å². The summed E-state index contributed by atoms with van der Waals surface area (Å²) in [5, 5.41) is 0. The molecule has 1 atom stereocenters. The summed E-state index contributed by atoms with van der Waals surface area (Å²) in [6, 6.07) is 13.2. The van der Waals surface area contributed by atoms with Crippen molar-refractivity contribution >= 4 is 29.6 Å². The Kier molecular flexibility index (Phi) is 5.68. The normalized spacial score (nSPS) is 13.5. The zero-order chi connectivity index (χ0) is 21.0. The monoisotopic (exact) mass is 395 g/mol. The summed E-state index contributed by atoms with van der Waals surface area (Å²) in [6.45, 7) is 0.639. The Hall–Kier alpha value is -4.01. The van der Waals surface area contributed by atoms with Gasteiger partial charge in [-0.15, -0.1) is 0 Å². The third kappa shape index (κ3) is 4.13. The van der Waals surface area contributed by atoms with E-state index in [0.29, 0.717) is 5.56 Å². The number of carbonyl (C=O) groups excluding carboxylic acids is 5. The van der Waals surface area contributed by atoms with Crippen LogP contribution in [0, 0.1) is 0 Å². The lowest BCUT2D eigenvalue weighted by atomic mass is 10.1. The molecule has 9 heteroatoms. The van der Waals surface area contributed by atoms with E-state index < -0.39 is 42.2 Å². The minimum absolute atomic E-state index is 0.207. The highest BCUT2D eigenvalue weighted by Crippen LogP contribution is 2.24. The van der Waals surface area contributed by atoms with E-state index in [0.717, 1.165) is 4.90 Å². The van der Waals surface area contributed by atoms with Crippen LogP contribution in [-0.4, -0.2) is 47.1 Å². The van der Waals surface area contributed by atoms with Gasteiger partial charge in [-0.05, 0) is 31.2 Å². The van der Waals surface area contributed by atoms with Crippen molar-refractivity contribution in [3.8, 4) is 0 Å². The number of nitrogens with zero attached hydrogens (tertiary/aromatic N) is 1. The molecule has 148 valence electrons. The van der Waals surface area contributed by atoms with E-state index in [1.54, 1.807) is 42.5 Å². The predicted molar refractivity (Wildman–Crippen MR) is 99.4 cm³/mol. The summed E-state index contributed by atoms with van der Waals surface area (Å²) >= 11 is 0. The number of nitrogens with one attached hydrogen (secondary N) is 2. The molecule has 2 N–H and O–H groups in total. The van der Waals surface area contributed by atoms with E-state index >= 15 is 0 Å². The maximum atomic E-state index is 12.4. The Balaban J connectivity index is 1.50. The molecule has 29 heavy (non-hydrogen) atoms. The van der Waals surface area contributed by atoms with Crippen LogP contribution >= 0.6 is 0 Å². The van der Waals surface area contributed by atoms with Crippen molar-refractivity contribution in [3.05, 3.63) is 71.3 Å². The first-order valence-electron chi connectivity index (χ1n) is 8.68. The van der Waals surface area contributed by atoms with Crippen LogP contribution in [0.1, 0.15) is 38.0 Å². The quantitative estimate of drug-likeness (QED) is 0.436. The molecule has 0 saturated heterocycles. The average Bonchev–Trinajstić information content (AvgIpc) is 3.00. The van der Waals surface area contributed by atoms with E-state index in [2.05, 4.69) is 10.9 Å². The summed E-state index contributed by atoms with van der Waals surface area (Å²) in [4.78, 5) is 61.4. The van der Waals surface area contributed by atoms with Crippen molar-refractivity contribution in [2.45, 2.75) is 13.0 Å². The Morgan fingerprint density at radius 2 is 1.45 bits per heavy atom. The van der Waals surface area contributed by atoms with Crippen LogP contribution in [0.4, 0.5) is 0 Å². The number of rotatable bonds is 5. The third-order valence-electron chi connectivity index (χ3n) is 4.25. The van der Waals surface area contributed by atoms with Gasteiger partial charge in [0.15, 0.2) is 6.61 Å². The molecule has 0 saturated carbocycles. The summed E-state index contributed by atoms with van der Waals surface area (Å²) in [6.07, 6.45) is 0. The van der Waals surface area contributed by atoms with Gasteiger partial charge in [0.05, 0.1) is 11.1 Å². The largest absolute Gasteiger partial charge is 0.454 e. The number of amides is 4. The molecule has 2 aromatic carbocycles. The van der Waals surface area contributed by atoms with Crippen molar-refractivity contribution in [2.75, 3.05) is 6.61 Å². The Bertz CT molecular complexity index is 954. The fourth-order valence-corrected chi connectivity index (χ4v) is 2.75. The van der Waals surface area contributed by atoms with Gasteiger partial charge in [0.2, 0.25) is 0 Å². The molecule has 9 nitrogen and oxygen atoms in total. The van der Waals surface area contributed by atoms with Crippen molar-refractivity contribution in [1.29, 1.82) is 0 Å². The van der Waals surface area contributed by atoms with Crippen LogP contribution in [0.2, 0.25) is 0 Å². The Labute approximate surface area is 165 Å². The molecule has 0 fully saturated rings. The number of ether oxygens (including phenoxy) is 1. The lowest BCUT2D eigenvalue weighted by molar-refractivity contribution is -0.152. The van der Waals surface area contributed by atoms with E-state index in [1.165, 1.54) is 19.1 Å². The van der Waals surface area contributed by atoms with Gasteiger partial charge < -0.3 is 4.74 Å². The van der Waals surface area contributed by atoms with Crippen LogP contribution in [0.5, 0.6) is 0 Å². The van der Waals surface area contributed by atoms with Gasteiger partial charge in [-0.25, -0.2) is 4.79 Å². The average molecular weight is 395 g/mol. The topological polar surface area (TPSA) is 122 Å².